The third-order valence-corrected chi connectivity index (χ3v) is 4.62. The Labute approximate surface area is 137 Å². The molecule has 2 fully saturated rings. The molecule has 1 aromatic rings. The Morgan fingerprint density at radius 3 is 2.43 bits per heavy atom. The minimum Gasteiger partial charge on any atom is -0.356 e. The van der Waals surface area contributed by atoms with Crippen molar-refractivity contribution in [3.05, 3.63) is 35.9 Å². The van der Waals surface area contributed by atoms with E-state index in [9.17, 15) is 9.59 Å². The van der Waals surface area contributed by atoms with E-state index < -0.39 is 6.10 Å². The zero-order chi connectivity index (χ0) is 16.4. The van der Waals surface area contributed by atoms with Gasteiger partial charge in [0.15, 0.2) is 6.10 Å². The normalized spacial score (nSPS) is 25.3. The fraction of sp³-hybridized carbons (Fsp3) is 0.556. The fourth-order valence-corrected chi connectivity index (χ4v) is 3.55. The lowest BCUT2D eigenvalue weighted by atomic mass is 9.95. The number of hydrogen-bond acceptors (Lipinski definition) is 3. The van der Waals surface area contributed by atoms with Crippen LogP contribution in [0.25, 0.3) is 0 Å². The summed E-state index contributed by atoms with van der Waals surface area (Å²) in [6.07, 6.45) is 1.47. The van der Waals surface area contributed by atoms with Crippen LogP contribution >= 0.6 is 0 Å². The van der Waals surface area contributed by atoms with Crippen molar-refractivity contribution >= 4 is 11.8 Å². The van der Waals surface area contributed by atoms with E-state index in [0.717, 1.165) is 31.5 Å². The molecule has 0 spiro atoms. The number of rotatable bonds is 3. The first-order chi connectivity index (χ1) is 11.1. The molecule has 23 heavy (non-hydrogen) atoms. The van der Waals surface area contributed by atoms with Crippen LogP contribution in [-0.2, 0) is 14.3 Å². The first kappa shape index (κ1) is 16.0. The summed E-state index contributed by atoms with van der Waals surface area (Å²) in [6.45, 7) is 5.52. The predicted molar refractivity (Wildman–Crippen MR) is 86.7 cm³/mol. The van der Waals surface area contributed by atoms with Crippen LogP contribution in [0.5, 0.6) is 0 Å². The molecule has 5 nitrogen and oxygen atoms in total. The first-order valence-electron chi connectivity index (χ1n) is 8.36. The van der Waals surface area contributed by atoms with Crippen LogP contribution in [0.4, 0.5) is 0 Å². The lowest BCUT2D eigenvalue weighted by Gasteiger charge is -2.43. The van der Waals surface area contributed by atoms with Gasteiger partial charge in [0.25, 0.3) is 5.91 Å². The smallest absolute Gasteiger partial charge is 0.254 e. The third-order valence-electron chi connectivity index (χ3n) is 4.62. The minimum absolute atomic E-state index is 0.00880. The van der Waals surface area contributed by atoms with Gasteiger partial charge in [-0.15, -0.1) is 0 Å². The van der Waals surface area contributed by atoms with Crippen LogP contribution in [0, 0.1) is 0 Å². The van der Waals surface area contributed by atoms with Crippen molar-refractivity contribution in [1.29, 1.82) is 0 Å². The van der Waals surface area contributed by atoms with Gasteiger partial charge in [0.1, 0.15) is 6.61 Å². The van der Waals surface area contributed by atoms with E-state index >= 15 is 0 Å². The number of hydrogen-bond donors (Lipinski definition) is 0. The summed E-state index contributed by atoms with van der Waals surface area (Å²) in [5.74, 6) is -0.0474. The van der Waals surface area contributed by atoms with Gasteiger partial charge in [0.05, 0.1) is 6.04 Å². The Balaban J connectivity index is 1.95. The molecule has 2 atom stereocenters. The SMILES string of the molecule is CC(C)N1C(=O)CO[C@H](C(=O)N2CCCC2)[C@H]1c1ccccc1. The molecule has 0 radical (unpaired) electrons. The van der Waals surface area contributed by atoms with Crippen molar-refractivity contribution in [2.45, 2.75) is 44.9 Å². The van der Waals surface area contributed by atoms with Crippen LogP contribution in [0.2, 0.25) is 0 Å². The molecule has 1 aromatic carbocycles. The van der Waals surface area contributed by atoms with E-state index in [1.165, 1.54) is 0 Å². The van der Waals surface area contributed by atoms with Gasteiger partial charge in [-0.05, 0) is 32.3 Å². The number of morpholine rings is 1. The highest BCUT2D eigenvalue weighted by Crippen LogP contribution is 2.33. The number of amides is 2. The predicted octanol–water partition coefficient (Wildman–Crippen LogP) is 1.99. The van der Waals surface area contributed by atoms with Crippen molar-refractivity contribution in [3.63, 3.8) is 0 Å². The highest BCUT2D eigenvalue weighted by molar-refractivity contribution is 5.86. The molecule has 2 amide bonds. The summed E-state index contributed by atoms with van der Waals surface area (Å²) in [4.78, 5) is 29.0. The second-order valence-electron chi connectivity index (χ2n) is 6.51. The van der Waals surface area contributed by atoms with Gasteiger partial charge in [-0.2, -0.15) is 0 Å². The highest BCUT2D eigenvalue weighted by atomic mass is 16.5. The number of likely N-dealkylation sites (tertiary alicyclic amines) is 1. The molecule has 2 saturated heterocycles. The van der Waals surface area contributed by atoms with E-state index in [1.807, 2.05) is 49.1 Å². The average Bonchev–Trinajstić information content (AvgIpc) is 3.09. The lowest BCUT2D eigenvalue weighted by molar-refractivity contribution is -0.171. The molecule has 124 valence electrons. The van der Waals surface area contributed by atoms with Gasteiger partial charge in [-0.3, -0.25) is 9.59 Å². The molecular formula is C18H24N2O3. The fourth-order valence-electron chi connectivity index (χ4n) is 3.55. The Morgan fingerprint density at radius 2 is 1.83 bits per heavy atom. The highest BCUT2D eigenvalue weighted by Gasteiger charge is 2.44. The summed E-state index contributed by atoms with van der Waals surface area (Å²) in [6, 6.07) is 9.40. The first-order valence-corrected chi connectivity index (χ1v) is 8.36. The number of carbonyl (C=O) groups excluding carboxylic acids is 2. The number of ether oxygens (including phenoxy) is 1. The average molecular weight is 316 g/mol. The zero-order valence-corrected chi connectivity index (χ0v) is 13.8. The zero-order valence-electron chi connectivity index (χ0n) is 13.8. The standard InChI is InChI=1S/C18H24N2O3/c1-13(2)20-15(21)12-23-17(18(22)19-10-6-7-11-19)16(20)14-8-4-3-5-9-14/h3-5,8-9,13,16-17H,6-7,10-12H2,1-2H3/t16-,17+/m1/s1. The van der Waals surface area contributed by atoms with E-state index in [4.69, 9.17) is 4.74 Å². The summed E-state index contributed by atoms with van der Waals surface area (Å²) < 4.78 is 5.73. The van der Waals surface area contributed by atoms with Crippen molar-refractivity contribution in [2.75, 3.05) is 19.7 Å². The maximum absolute atomic E-state index is 12.9. The van der Waals surface area contributed by atoms with Gasteiger partial charge >= 0.3 is 0 Å². The van der Waals surface area contributed by atoms with Crippen LogP contribution in [0.1, 0.15) is 38.3 Å². The second kappa shape index (κ2) is 6.71. The molecule has 0 bridgehead atoms. The van der Waals surface area contributed by atoms with E-state index in [-0.39, 0.29) is 30.5 Å². The van der Waals surface area contributed by atoms with Crippen LogP contribution < -0.4 is 0 Å². The van der Waals surface area contributed by atoms with Crippen molar-refractivity contribution in [1.82, 2.24) is 9.80 Å². The molecule has 0 saturated carbocycles. The summed E-state index contributed by atoms with van der Waals surface area (Å²) >= 11 is 0. The van der Waals surface area contributed by atoms with Gasteiger partial charge in [0.2, 0.25) is 5.91 Å². The molecule has 0 aliphatic carbocycles. The second-order valence-corrected chi connectivity index (χ2v) is 6.51. The maximum Gasteiger partial charge on any atom is 0.254 e. The quantitative estimate of drug-likeness (QED) is 0.857. The van der Waals surface area contributed by atoms with Crippen LogP contribution in [-0.4, -0.2) is 53.5 Å². The molecule has 0 aromatic heterocycles. The minimum atomic E-state index is -0.615. The third kappa shape index (κ3) is 3.11. The Hall–Kier alpha value is -1.88. The monoisotopic (exact) mass is 316 g/mol. The summed E-state index contributed by atoms with van der Waals surface area (Å²) in [5.41, 5.74) is 0.951. The molecular weight excluding hydrogens is 292 g/mol. The molecule has 2 aliphatic rings. The molecule has 2 aliphatic heterocycles. The van der Waals surface area contributed by atoms with Gasteiger partial charge in [0, 0.05) is 19.1 Å². The number of benzene rings is 1. The van der Waals surface area contributed by atoms with E-state index in [1.54, 1.807) is 4.90 Å². The molecule has 5 heteroatoms. The Morgan fingerprint density at radius 1 is 1.17 bits per heavy atom. The molecule has 3 rings (SSSR count). The maximum atomic E-state index is 12.9. The van der Waals surface area contributed by atoms with Gasteiger partial charge < -0.3 is 14.5 Å². The van der Waals surface area contributed by atoms with Crippen molar-refractivity contribution in [2.24, 2.45) is 0 Å². The number of carbonyl (C=O) groups is 2. The summed E-state index contributed by atoms with van der Waals surface area (Å²) in [5, 5.41) is 0. The molecule has 0 unspecified atom stereocenters. The summed E-state index contributed by atoms with van der Waals surface area (Å²) in [7, 11) is 0. The topological polar surface area (TPSA) is 49.9 Å². The van der Waals surface area contributed by atoms with E-state index in [0.29, 0.717) is 0 Å². The van der Waals surface area contributed by atoms with Crippen LogP contribution in [0.3, 0.4) is 0 Å². The lowest BCUT2D eigenvalue weighted by Crippen LogP contribution is -2.56. The largest absolute Gasteiger partial charge is 0.356 e. The number of nitrogens with zero attached hydrogens (tertiary/aromatic N) is 2. The van der Waals surface area contributed by atoms with Gasteiger partial charge in [-0.25, -0.2) is 0 Å². The van der Waals surface area contributed by atoms with Gasteiger partial charge in [-0.1, -0.05) is 30.3 Å². The Bertz CT molecular complexity index is 567. The van der Waals surface area contributed by atoms with Crippen molar-refractivity contribution in [3.8, 4) is 0 Å². The van der Waals surface area contributed by atoms with Crippen LogP contribution in [0.15, 0.2) is 30.3 Å². The molecule has 0 N–H and O–H groups in total. The molecule has 2 heterocycles. The van der Waals surface area contributed by atoms with E-state index in [2.05, 4.69) is 0 Å². The van der Waals surface area contributed by atoms with Crippen molar-refractivity contribution < 1.29 is 14.3 Å². The Kier molecular flexibility index (Phi) is 4.66.